The van der Waals surface area contributed by atoms with Crippen molar-refractivity contribution in [1.82, 2.24) is 20.3 Å². The number of nitrogens with one attached hydrogen (secondary N) is 3. The second kappa shape index (κ2) is 10.5. The van der Waals surface area contributed by atoms with E-state index in [0.29, 0.717) is 37.6 Å². The van der Waals surface area contributed by atoms with Crippen molar-refractivity contribution in [1.29, 1.82) is 0 Å². The number of hydrogen-bond donors (Lipinski definition) is 3. The van der Waals surface area contributed by atoms with Gasteiger partial charge in [-0.3, -0.25) is 9.89 Å². The van der Waals surface area contributed by atoms with E-state index in [9.17, 15) is 21.6 Å². The second-order valence-electron chi connectivity index (χ2n) is 7.75. The van der Waals surface area contributed by atoms with Crippen LogP contribution in [0.5, 0.6) is 0 Å². The van der Waals surface area contributed by atoms with E-state index in [-0.39, 0.29) is 17.8 Å². The highest BCUT2D eigenvalue weighted by Crippen LogP contribution is 2.20. The summed E-state index contributed by atoms with van der Waals surface area (Å²) < 4.78 is 64.1. The molecule has 0 spiro atoms. The fourth-order valence-corrected chi connectivity index (χ4v) is 4.73. The Morgan fingerprint density at radius 2 is 1.87 bits per heavy atom. The smallest absolute Gasteiger partial charge is 0.352 e. The number of benzene rings is 1. The lowest BCUT2D eigenvalue weighted by molar-refractivity contribution is -0.143. The molecule has 0 bridgehead atoms. The van der Waals surface area contributed by atoms with Crippen molar-refractivity contribution in [2.45, 2.75) is 50.8 Å². The first-order valence-electron chi connectivity index (χ1n) is 9.80. The zero-order valence-electron chi connectivity index (χ0n) is 17.5. The van der Waals surface area contributed by atoms with E-state index >= 15 is 0 Å². The van der Waals surface area contributed by atoms with E-state index in [0.717, 1.165) is 5.56 Å². The van der Waals surface area contributed by atoms with Gasteiger partial charge in [0.1, 0.15) is 0 Å². The number of aliphatic imine (C=N–C) groups is 1. The van der Waals surface area contributed by atoms with Gasteiger partial charge in [-0.1, -0.05) is 24.3 Å². The van der Waals surface area contributed by atoms with Crippen molar-refractivity contribution < 1.29 is 21.6 Å². The number of nitrogens with zero attached hydrogens (tertiary/aromatic N) is 2. The number of hydrogen-bond acceptors (Lipinski definition) is 4. The maximum Gasteiger partial charge on any atom is 0.401 e. The monoisotopic (exact) mass is 449 g/mol. The van der Waals surface area contributed by atoms with E-state index in [2.05, 4.69) is 20.3 Å². The van der Waals surface area contributed by atoms with Crippen LogP contribution in [0.2, 0.25) is 0 Å². The fourth-order valence-electron chi connectivity index (χ4n) is 3.29. The molecule has 1 fully saturated rings. The average molecular weight is 450 g/mol. The van der Waals surface area contributed by atoms with Gasteiger partial charge in [0, 0.05) is 38.8 Å². The van der Waals surface area contributed by atoms with Crippen LogP contribution in [0, 0.1) is 0 Å². The molecule has 1 heterocycles. The minimum Gasteiger partial charge on any atom is -0.352 e. The highest BCUT2D eigenvalue weighted by atomic mass is 32.2. The summed E-state index contributed by atoms with van der Waals surface area (Å²) in [5.74, 6) is 0.430. The summed E-state index contributed by atoms with van der Waals surface area (Å²) in [5, 5.41) is 6.29. The molecule has 1 aliphatic rings. The minimum atomic E-state index is -4.19. The van der Waals surface area contributed by atoms with Crippen LogP contribution in [0.1, 0.15) is 31.4 Å². The van der Waals surface area contributed by atoms with Gasteiger partial charge < -0.3 is 10.6 Å². The van der Waals surface area contributed by atoms with E-state index < -0.39 is 22.7 Å². The van der Waals surface area contributed by atoms with Gasteiger partial charge in [-0.2, -0.15) is 13.2 Å². The summed E-state index contributed by atoms with van der Waals surface area (Å²) in [6.07, 6.45) is -3.57. The molecule has 3 N–H and O–H groups in total. The van der Waals surface area contributed by atoms with Gasteiger partial charge >= 0.3 is 6.18 Å². The van der Waals surface area contributed by atoms with Crippen LogP contribution >= 0.6 is 0 Å². The maximum atomic E-state index is 12.5. The lowest BCUT2D eigenvalue weighted by Crippen LogP contribution is -2.44. The number of likely N-dealkylation sites (tertiary alicyclic amines) is 1. The van der Waals surface area contributed by atoms with Gasteiger partial charge in [-0.25, -0.2) is 13.1 Å². The summed E-state index contributed by atoms with van der Waals surface area (Å²) in [6.45, 7) is 3.80. The summed E-state index contributed by atoms with van der Waals surface area (Å²) >= 11 is 0. The van der Waals surface area contributed by atoms with Gasteiger partial charge in [-0.15, -0.1) is 0 Å². The summed E-state index contributed by atoms with van der Waals surface area (Å²) in [4.78, 5) is 5.51. The Bertz CT molecular complexity index is 810. The first-order chi connectivity index (χ1) is 14.0. The second-order valence-corrected chi connectivity index (χ2v) is 9.51. The molecule has 1 atom stereocenters. The Morgan fingerprint density at radius 3 is 2.43 bits per heavy atom. The molecule has 0 saturated carbocycles. The third-order valence-corrected chi connectivity index (χ3v) is 6.04. The number of alkyl halides is 3. The highest BCUT2D eigenvalue weighted by Gasteiger charge is 2.34. The van der Waals surface area contributed by atoms with Crippen LogP contribution in [0.25, 0.3) is 0 Å². The van der Waals surface area contributed by atoms with Gasteiger partial charge in [0.05, 0.1) is 12.3 Å². The van der Waals surface area contributed by atoms with Crippen molar-refractivity contribution in [3.05, 3.63) is 35.4 Å². The molecule has 1 aliphatic heterocycles. The van der Waals surface area contributed by atoms with Crippen molar-refractivity contribution in [2.75, 3.05) is 26.7 Å². The summed E-state index contributed by atoms with van der Waals surface area (Å²) in [5.41, 5.74) is 1.62. The van der Waals surface area contributed by atoms with Gasteiger partial charge in [0.2, 0.25) is 10.0 Å². The normalized spacial score (nSPS) is 18.8. The molecule has 1 aromatic carbocycles. The lowest BCUT2D eigenvalue weighted by atomic mass is 10.1. The Kier molecular flexibility index (Phi) is 8.51. The van der Waals surface area contributed by atoms with E-state index in [1.54, 1.807) is 33.0 Å². The van der Waals surface area contributed by atoms with Crippen LogP contribution in [0.3, 0.4) is 0 Å². The van der Waals surface area contributed by atoms with Crippen LogP contribution < -0.4 is 15.4 Å². The SMILES string of the molecule is CN=C(NCc1ccc(CS(=O)(=O)NC(C)C)cc1)NC1CCN(CC(F)(F)F)C1. The molecule has 7 nitrogen and oxygen atoms in total. The molecular weight excluding hydrogens is 419 g/mol. The Balaban J connectivity index is 1.81. The number of guanidine groups is 1. The van der Waals surface area contributed by atoms with Crippen LogP contribution in [-0.2, 0) is 22.3 Å². The molecule has 0 aromatic heterocycles. The molecule has 0 radical (unpaired) electrons. The molecule has 0 amide bonds. The molecule has 11 heteroatoms. The Morgan fingerprint density at radius 1 is 1.23 bits per heavy atom. The fraction of sp³-hybridized carbons (Fsp3) is 0.632. The predicted molar refractivity (Wildman–Crippen MR) is 112 cm³/mol. The zero-order valence-corrected chi connectivity index (χ0v) is 18.3. The molecule has 2 rings (SSSR count). The number of rotatable bonds is 8. The average Bonchev–Trinajstić information content (AvgIpc) is 3.03. The van der Waals surface area contributed by atoms with Gasteiger partial charge in [-0.05, 0) is 31.4 Å². The van der Waals surface area contributed by atoms with Gasteiger partial charge in [0.25, 0.3) is 0 Å². The minimum absolute atomic E-state index is 0.0851. The van der Waals surface area contributed by atoms with Crippen molar-refractivity contribution in [3.63, 3.8) is 0 Å². The molecule has 1 aromatic rings. The molecule has 170 valence electrons. The van der Waals surface area contributed by atoms with E-state index in [1.807, 2.05) is 12.1 Å². The topological polar surface area (TPSA) is 85.8 Å². The van der Waals surface area contributed by atoms with Gasteiger partial charge in [0.15, 0.2) is 5.96 Å². The predicted octanol–water partition coefficient (Wildman–Crippen LogP) is 1.82. The zero-order chi connectivity index (χ0) is 22.4. The third-order valence-electron chi connectivity index (χ3n) is 4.49. The molecule has 1 saturated heterocycles. The number of sulfonamides is 1. The quantitative estimate of drug-likeness (QED) is 0.416. The highest BCUT2D eigenvalue weighted by molar-refractivity contribution is 7.88. The van der Waals surface area contributed by atoms with E-state index in [1.165, 1.54) is 4.90 Å². The first kappa shape index (κ1) is 24.4. The van der Waals surface area contributed by atoms with Crippen LogP contribution in [-0.4, -0.2) is 64.2 Å². The van der Waals surface area contributed by atoms with E-state index in [4.69, 9.17) is 0 Å². The standard InChI is InChI=1S/C19H30F3N5O2S/c1-14(2)26-30(28,29)12-16-6-4-15(5-7-16)10-24-18(23-3)25-17-8-9-27(11-17)13-19(20,21)22/h4-7,14,17,26H,8-13H2,1-3H3,(H2,23,24,25). The Labute approximate surface area is 176 Å². The van der Waals surface area contributed by atoms with Crippen molar-refractivity contribution >= 4 is 16.0 Å². The largest absolute Gasteiger partial charge is 0.401 e. The summed E-state index contributed by atoms with van der Waals surface area (Å²) in [7, 11) is -1.77. The molecular formula is C19H30F3N5O2S. The van der Waals surface area contributed by atoms with Crippen LogP contribution in [0.15, 0.2) is 29.3 Å². The third kappa shape index (κ3) is 8.88. The van der Waals surface area contributed by atoms with Crippen molar-refractivity contribution in [3.8, 4) is 0 Å². The lowest BCUT2D eigenvalue weighted by Gasteiger charge is -2.20. The number of halogens is 3. The molecule has 0 aliphatic carbocycles. The molecule has 1 unspecified atom stereocenters. The maximum absolute atomic E-state index is 12.5. The Hall–Kier alpha value is -1.85. The van der Waals surface area contributed by atoms with Crippen LogP contribution in [0.4, 0.5) is 13.2 Å². The summed E-state index contributed by atoms with van der Waals surface area (Å²) in [6, 6.07) is 6.94. The first-order valence-corrected chi connectivity index (χ1v) is 11.4. The van der Waals surface area contributed by atoms with Crippen molar-refractivity contribution in [2.24, 2.45) is 4.99 Å². The molecule has 30 heavy (non-hydrogen) atoms.